The van der Waals surface area contributed by atoms with Gasteiger partial charge in [-0.2, -0.15) is 18.4 Å². The summed E-state index contributed by atoms with van der Waals surface area (Å²) in [6.07, 6.45) is -2.33. The lowest BCUT2D eigenvalue weighted by atomic mass is 9.77. The maximum atomic E-state index is 12.6. The van der Waals surface area contributed by atoms with E-state index in [0.29, 0.717) is 11.4 Å². The molecule has 0 bridgehead atoms. The highest BCUT2D eigenvalue weighted by Crippen LogP contribution is 2.39. The standard InChI is InChI=1S/C27H27ClF3N5O4S/c1-26(2,18-4-6-21(7-5-18)39-15-20-8-9-33-25(34-20)35-41(3,37)38)19-10-17(12-32)24(23(28)11-19)40-22-13-36(14-22)16-27(29,30)31/h4-11,22H,13-16H2,1-3H3,(H,33,34,35). The number of likely N-dealkylation sites (tertiary alicyclic amines) is 1. The molecule has 1 N–H and O–H groups in total. The Morgan fingerprint density at radius 2 is 1.83 bits per heavy atom. The average molecular weight is 610 g/mol. The summed E-state index contributed by atoms with van der Waals surface area (Å²) in [6, 6.07) is 14.4. The molecule has 1 fully saturated rings. The summed E-state index contributed by atoms with van der Waals surface area (Å²) < 4.78 is 74.3. The summed E-state index contributed by atoms with van der Waals surface area (Å²) >= 11 is 6.51. The van der Waals surface area contributed by atoms with Gasteiger partial charge in [-0.1, -0.05) is 37.6 Å². The smallest absolute Gasteiger partial charge is 0.401 e. The average Bonchev–Trinajstić information content (AvgIpc) is 2.85. The van der Waals surface area contributed by atoms with E-state index in [9.17, 15) is 26.9 Å². The van der Waals surface area contributed by atoms with Gasteiger partial charge in [0.25, 0.3) is 0 Å². The van der Waals surface area contributed by atoms with Gasteiger partial charge in [-0.05, 0) is 41.5 Å². The van der Waals surface area contributed by atoms with Crippen molar-refractivity contribution in [2.45, 2.75) is 38.1 Å². The molecule has 1 aliphatic rings. The van der Waals surface area contributed by atoms with Crippen molar-refractivity contribution >= 4 is 27.6 Å². The number of sulfonamides is 1. The van der Waals surface area contributed by atoms with Gasteiger partial charge in [0.05, 0.1) is 29.1 Å². The highest BCUT2D eigenvalue weighted by Gasteiger charge is 2.38. The number of nitriles is 1. The lowest BCUT2D eigenvalue weighted by Crippen LogP contribution is -2.56. The van der Waals surface area contributed by atoms with Crippen LogP contribution < -0.4 is 14.2 Å². The van der Waals surface area contributed by atoms with E-state index in [1.807, 2.05) is 26.0 Å². The van der Waals surface area contributed by atoms with Gasteiger partial charge in [0, 0.05) is 24.7 Å². The Balaban J connectivity index is 1.43. The Bertz CT molecular complexity index is 1550. The molecule has 0 unspecified atom stereocenters. The van der Waals surface area contributed by atoms with Crippen molar-refractivity contribution in [2.75, 3.05) is 30.6 Å². The molecule has 218 valence electrons. The van der Waals surface area contributed by atoms with Crippen LogP contribution in [0.25, 0.3) is 0 Å². The van der Waals surface area contributed by atoms with Crippen LogP contribution in [0.4, 0.5) is 19.1 Å². The molecule has 0 atom stereocenters. The number of aromatic nitrogens is 2. The second-order valence-corrected chi connectivity index (χ2v) is 12.3. The van der Waals surface area contributed by atoms with Crippen molar-refractivity contribution in [3.05, 3.63) is 76.1 Å². The maximum absolute atomic E-state index is 12.6. The van der Waals surface area contributed by atoms with Crippen molar-refractivity contribution in [3.8, 4) is 17.6 Å². The first-order valence-corrected chi connectivity index (χ1v) is 14.6. The Labute approximate surface area is 240 Å². The summed E-state index contributed by atoms with van der Waals surface area (Å²) in [7, 11) is -3.51. The molecule has 2 heterocycles. The van der Waals surface area contributed by atoms with Crippen molar-refractivity contribution in [3.63, 3.8) is 0 Å². The fourth-order valence-corrected chi connectivity index (χ4v) is 4.98. The number of hydrogen-bond donors (Lipinski definition) is 1. The van der Waals surface area contributed by atoms with E-state index in [1.165, 1.54) is 11.1 Å². The van der Waals surface area contributed by atoms with Gasteiger partial charge in [-0.25, -0.2) is 18.4 Å². The van der Waals surface area contributed by atoms with Gasteiger partial charge in [-0.3, -0.25) is 9.62 Å². The zero-order chi connectivity index (χ0) is 30.0. The molecular formula is C27H27ClF3N5O4S. The van der Waals surface area contributed by atoms with Crippen LogP contribution >= 0.6 is 11.6 Å². The third kappa shape index (κ3) is 8.00. The third-order valence-electron chi connectivity index (χ3n) is 6.45. The fourth-order valence-electron chi connectivity index (χ4n) is 4.29. The van der Waals surface area contributed by atoms with E-state index in [1.54, 1.807) is 30.3 Å². The largest absolute Gasteiger partial charge is 0.487 e. The van der Waals surface area contributed by atoms with E-state index in [0.717, 1.165) is 17.4 Å². The molecule has 9 nitrogen and oxygen atoms in total. The molecule has 2 aromatic carbocycles. The monoisotopic (exact) mass is 609 g/mol. The predicted molar refractivity (Wildman–Crippen MR) is 146 cm³/mol. The third-order valence-corrected chi connectivity index (χ3v) is 7.28. The highest BCUT2D eigenvalue weighted by molar-refractivity contribution is 7.91. The van der Waals surface area contributed by atoms with Crippen LogP contribution in [0.2, 0.25) is 5.02 Å². The molecular weight excluding hydrogens is 583 g/mol. The van der Waals surface area contributed by atoms with Crippen LogP contribution in [0.3, 0.4) is 0 Å². The molecule has 41 heavy (non-hydrogen) atoms. The van der Waals surface area contributed by atoms with Crippen LogP contribution in [0.5, 0.6) is 11.5 Å². The van der Waals surface area contributed by atoms with Crippen LogP contribution in [0.15, 0.2) is 48.7 Å². The summed E-state index contributed by atoms with van der Waals surface area (Å²) in [5.74, 6) is 0.669. The van der Waals surface area contributed by atoms with Crippen molar-refractivity contribution in [1.82, 2.24) is 14.9 Å². The molecule has 1 aromatic heterocycles. The topological polar surface area (TPSA) is 117 Å². The quantitative estimate of drug-likeness (QED) is 0.345. The Morgan fingerprint density at radius 1 is 1.15 bits per heavy atom. The summed E-state index contributed by atoms with van der Waals surface area (Å²) in [6.45, 7) is 3.20. The van der Waals surface area contributed by atoms with E-state index in [4.69, 9.17) is 21.1 Å². The zero-order valence-corrected chi connectivity index (χ0v) is 23.9. The van der Waals surface area contributed by atoms with Gasteiger partial charge >= 0.3 is 6.18 Å². The Morgan fingerprint density at radius 3 is 2.44 bits per heavy atom. The SMILES string of the molecule is CC(C)(c1ccc(OCc2ccnc(NS(C)(=O)=O)n2)cc1)c1cc(Cl)c(OC2CN(CC(F)(F)F)C2)c(C#N)c1. The predicted octanol–water partition coefficient (Wildman–Crippen LogP) is 4.90. The number of ether oxygens (including phenoxy) is 2. The number of alkyl halides is 3. The number of hydrogen-bond acceptors (Lipinski definition) is 8. The first-order chi connectivity index (χ1) is 19.1. The van der Waals surface area contributed by atoms with Crippen LogP contribution in [-0.2, 0) is 22.0 Å². The van der Waals surface area contributed by atoms with Crippen molar-refractivity contribution in [2.24, 2.45) is 0 Å². The van der Waals surface area contributed by atoms with Gasteiger partial charge in [0.2, 0.25) is 16.0 Å². The lowest BCUT2D eigenvalue weighted by Gasteiger charge is -2.39. The second kappa shape index (κ2) is 11.7. The maximum Gasteiger partial charge on any atom is 0.401 e. The van der Waals surface area contributed by atoms with Crippen LogP contribution in [-0.4, -0.2) is 61.5 Å². The van der Waals surface area contributed by atoms with Gasteiger partial charge in [0.15, 0.2) is 5.75 Å². The van der Waals surface area contributed by atoms with Gasteiger partial charge in [0.1, 0.15) is 24.5 Å². The van der Waals surface area contributed by atoms with E-state index < -0.39 is 34.3 Å². The molecule has 0 spiro atoms. The Kier molecular flexibility index (Phi) is 8.67. The molecule has 1 aliphatic heterocycles. The first kappa shape index (κ1) is 30.4. The number of nitrogens with zero attached hydrogens (tertiary/aromatic N) is 4. The number of benzene rings is 2. The summed E-state index contributed by atoms with van der Waals surface area (Å²) in [5, 5.41) is 9.97. The van der Waals surface area contributed by atoms with E-state index in [2.05, 4.69) is 20.8 Å². The van der Waals surface area contributed by atoms with E-state index in [-0.39, 0.29) is 42.0 Å². The molecule has 3 aromatic rings. The molecule has 0 amide bonds. The molecule has 4 rings (SSSR count). The minimum Gasteiger partial charge on any atom is -0.487 e. The normalized spacial score (nSPS) is 14.7. The van der Waals surface area contributed by atoms with Crippen LogP contribution in [0.1, 0.15) is 36.2 Å². The van der Waals surface area contributed by atoms with Crippen molar-refractivity contribution in [1.29, 1.82) is 5.26 Å². The Hall–Kier alpha value is -3.60. The van der Waals surface area contributed by atoms with E-state index >= 15 is 0 Å². The molecule has 0 aliphatic carbocycles. The summed E-state index contributed by atoms with van der Waals surface area (Å²) in [4.78, 5) is 9.22. The molecule has 0 radical (unpaired) electrons. The van der Waals surface area contributed by atoms with Gasteiger partial charge < -0.3 is 9.47 Å². The number of halogens is 4. The van der Waals surface area contributed by atoms with Crippen molar-refractivity contribution < 1.29 is 31.1 Å². The first-order valence-electron chi connectivity index (χ1n) is 12.4. The molecule has 0 saturated carbocycles. The molecule has 1 saturated heterocycles. The fraction of sp³-hybridized carbons (Fsp3) is 0.370. The minimum absolute atomic E-state index is 0.0476. The second-order valence-electron chi connectivity index (χ2n) is 10.2. The highest BCUT2D eigenvalue weighted by atomic mass is 35.5. The molecule has 14 heteroatoms. The lowest BCUT2D eigenvalue weighted by molar-refractivity contribution is -0.162. The minimum atomic E-state index is -4.28. The number of anilines is 1. The number of rotatable bonds is 10. The van der Waals surface area contributed by atoms with Gasteiger partial charge in [-0.15, -0.1) is 0 Å². The number of nitrogens with one attached hydrogen (secondary N) is 1. The summed E-state index contributed by atoms with van der Waals surface area (Å²) in [5.41, 5.74) is 1.75. The van der Waals surface area contributed by atoms with Crippen LogP contribution in [0, 0.1) is 11.3 Å². The zero-order valence-electron chi connectivity index (χ0n) is 22.4.